The van der Waals surface area contributed by atoms with Crippen LogP contribution in [0, 0.1) is 5.92 Å². The molecule has 1 aliphatic heterocycles. The molecule has 2 unspecified atom stereocenters. The number of piperidine rings is 1. The molecule has 0 amide bonds. The van der Waals surface area contributed by atoms with Gasteiger partial charge in [0, 0.05) is 32.1 Å². The zero-order valence-electron chi connectivity index (χ0n) is 10.8. The summed E-state index contributed by atoms with van der Waals surface area (Å²) >= 11 is 4.96. The van der Waals surface area contributed by atoms with Crippen molar-refractivity contribution in [3.05, 3.63) is 24.0 Å². The van der Waals surface area contributed by atoms with Crippen molar-refractivity contribution in [1.82, 2.24) is 4.98 Å². The van der Waals surface area contributed by atoms with E-state index < -0.39 is 0 Å². The van der Waals surface area contributed by atoms with E-state index in [1.807, 2.05) is 12.1 Å². The van der Waals surface area contributed by atoms with Crippen LogP contribution in [0.25, 0.3) is 0 Å². The van der Waals surface area contributed by atoms with Crippen LogP contribution in [0.3, 0.4) is 0 Å². The lowest BCUT2D eigenvalue weighted by Gasteiger charge is -2.37. The monoisotopic (exact) mass is 265 g/mol. The first-order valence-electron chi connectivity index (χ1n) is 6.15. The van der Waals surface area contributed by atoms with Crippen molar-refractivity contribution in [2.75, 3.05) is 25.1 Å². The molecule has 0 bridgehead atoms. The Morgan fingerprint density at radius 2 is 2.39 bits per heavy atom. The van der Waals surface area contributed by atoms with E-state index in [4.69, 9.17) is 22.7 Å². The number of hydrogen-bond acceptors (Lipinski definition) is 4. The minimum atomic E-state index is 0.278. The Hall–Kier alpha value is -1.20. The maximum atomic E-state index is 5.61. The van der Waals surface area contributed by atoms with E-state index in [1.165, 1.54) is 0 Å². The molecule has 1 fully saturated rings. The third-order valence-corrected chi connectivity index (χ3v) is 3.76. The number of thiocarbonyl (C=S) groups is 1. The van der Waals surface area contributed by atoms with Crippen LogP contribution in [0.4, 0.5) is 5.69 Å². The minimum Gasteiger partial charge on any atom is -0.388 e. The van der Waals surface area contributed by atoms with Gasteiger partial charge in [-0.15, -0.1) is 0 Å². The molecule has 0 spiro atoms. The van der Waals surface area contributed by atoms with Gasteiger partial charge >= 0.3 is 0 Å². The maximum absolute atomic E-state index is 5.61. The minimum absolute atomic E-state index is 0.278. The highest BCUT2D eigenvalue weighted by Crippen LogP contribution is 2.24. The zero-order valence-corrected chi connectivity index (χ0v) is 11.6. The molecule has 0 radical (unpaired) electrons. The SMILES string of the molecule is COC1CN(c2ccnc(C(N)=S)c2)CCC1C. The lowest BCUT2D eigenvalue weighted by atomic mass is 9.95. The first-order chi connectivity index (χ1) is 8.61. The van der Waals surface area contributed by atoms with Gasteiger partial charge in [-0.1, -0.05) is 19.1 Å². The predicted octanol–water partition coefficient (Wildman–Crippen LogP) is 1.58. The highest BCUT2D eigenvalue weighted by molar-refractivity contribution is 7.80. The Bertz CT molecular complexity index is 438. The van der Waals surface area contributed by atoms with Gasteiger partial charge in [-0.3, -0.25) is 4.98 Å². The quantitative estimate of drug-likeness (QED) is 0.841. The molecule has 0 saturated carbocycles. The second kappa shape index (κ2) is 5.63. The van der Waals surface area contributed by atoms with Crippen LogP contribution in [0.5, 0.6) is 0 Å². The van der Waals surface area contributed by atoms with E-state index in [-0.39, 0.29) is 6.10 Å². The van der Waals surface area contributed by atoms with Crippen LogP contribution < -0.4 is 10.6 Å². The highest BCUT2D eigenvalue weighted by Gasteiger charge is 2.26. The van der Waals surface area contributed by atoms with Crippen molar-refractivity contribution < 1.29 is 4.74 Å². The Morgan fingerprint density at radius 1 is 1.61 bits per heavy atom. The summed E-state index contributed by atoms with van der Waals surface area (Å²) < 4.78 is 5.53. The van der Waals surface area contributed by atoms with E-state index >= 15 is 0 Å². The molecular formula is C13H19N3OS. The van der Waals surface area contributed by atoms with Gasteiger partial charge in [0.05, 0.1) is 11.8 Å². The van der Waals surface area contributed by atoms with Crippen molar-refractivity contribution in [2.45, 2.75) is 19.4 Å². The number of nitrogens with two attached hydrogens (primary N) is 1. The van der Waals surface area contributed by atoms with E-state index in [0.717, 1.165) is 25.2 Å². The summed E-state index contributed by atoms with van der Waals surface area (Å²) in [4.78, 5) is 6.81. The average molecular weight is 265 g/mol. The second-order valence-electron chi connectivity index (χ2n) is 4.75. The Kier molecular flexibility index (Phi) is 4.14. The number of anilines is 1. The molecule has 18 heavy (non-hydrogen) atoms. The number of hydrogen-bond donors (Lipinski definition) is 1. The van der Waals surface area contributed by atoms with Crippen molar-refractivity contribution in [3.63, 3.8) is 0 Å². The number of nitrogens with zero attached hydrogens (tertiary/aromatic N) is 2. The Morgan fingerprint density at radius 3 is 3.06 bits per heavy atom. The van der Waals surface area contributed by atoms with E-state index in [1.54, 1.807) is 13.3 Å². The van der Waals surface area contributed by atoms with Gasteiger partial charge in [0.2, 0.25) is 0 Å². The average Bonchev–Trinajstić information content (AvgIpc) is 2.39. The standard InChI is InChI=1S/C13H19N3OS/c1-9-4-6-16(8-12(9)17-2)10-3-5-15-11(7-10)13(14)18/h3,5,7,9,12H,4,6,8H2,1-2H3,(H2,14,18). The molecule has 1 aliphatic rings. The fourth-order valence-electron chi connectivity index (χ4n) is 2.33. The van der Waals surface area contributed by atoms with Crippen LogP contribution in [-0.2, 0) is 4.74 Å². The van der Waals surface area contributed by atoms with Crippen LogP contribution in [-0.4, -0.2) is 36.3 Å². The molecule has 4 nitrogen and oxygen atoms in total. The van der Waals surface area contributed by atoms with Crippen LogP contribution in [0.1, 0.15) is 19.0 Å². The van der Waals surface area contributed by atoms with Crippen molar-refractivity contribution >= 4 is 22.9 Å². The largest absolute Gasteiger partial charge is 0.388 e. The Labute approximate surface area is 113 Å². The number of methoxy groups -OCH3 is 1. The van der Waals surface area contributed by atoms with Gasteiger partial charge < -0.3 is 15.4 Å². The molecular weight excluding hydrogens is 246 g/mol. The molecule has 2 rings (SSSR count). The first-order valence-corrected chi connectivity index (χ1v) is 6.56. The van der Waals surface area contributed by atoms with E-state index in [9.17, 15) is 0 Å². The van der Waals surface area contributed by atoms with Gasteiger partial charge in [0.15, 0.2) is 0 Å². The lowest BCUT2D eigenvalue weighted by molar-refractivity contribution is 0.0498. The maximum Gasteiger partial charge on any atom is 0.122 e. The van der Waals surface area contributed by atoms with Crippen molar-refractivity contribution in [2.24, 2.45) is 11.7 Å². The van der Waals surface area contributed by atoms with Gasteiger partial charge in [0.25, 0.3) is 0 Å². The highest BCUT2D eigenvalue weighted by atomic mass is 32.1. The molecule has 1 saturated heterocycles. The van der Waals surface area contributed by atoms with Gasteiger partial charge in [-0.05, 0) is 24.5 Å². The number of ether oxygens (including phenoxy) is 1. The van der Waals surface area contributed by atoms with Crippen molar-refractivity contribution in [3.8, 4) is 0 Å². The molecule has 2 N–H and O–H groups in total. The molecule has 2 heterocycles. The van der Waals surface area contributed by atoms with Gasteiger partial charge in [-0.25, -0.2) is 0 Å². The number of pyridine rings is 1. The molecule has 2 atom stereocenters. The Balaban J connectivity index is 2.16. The third-order valence-electron chi connectivity index (χ3n) is 3.55. The summed E-state index contributed by atoms with van der Waals surface area (Å²) in [6.45, 7) is 4.17. The topological polar surface area (TPSA) is 51.4 Å². The predicted molar refractivity (Wildman–Crippen MR) is 76.9 cm³/mol. The molecule has 1 aromatic rings. The normalized spacial score (nSPS) is 24.0. The van der Waals surface area contributed by atoms with Crippen LogP contribution >= 0.6 is 12.2 Å². The van der Waals surface area contributed by atoms with Gasteiger partial charge in [0.1, 0.15) is 4.99 Å². The smallest absolute Gasteiger partial charge is 0.122 e. The number of rotatable bonds is 3. The molecule has 5 heteroatoms. The first kappa shape index (κ1) is 13.2. The fraction of sp³-hybridized carbons (Fsp3) is 0.538. The third kappa shape index (κ3) is 2.79. The van der Waals surface area contributed by atoms with E-state index in [2.05, 4.69) is 16.8 Å². The molecule has 0 aliphatic carbocycles. The van der Waals surface area contributed by atoms with Gasteiger partial charge in [-0.2, -0.15) is 0 Å². The lowest BCUT2D eigenvalue weighted by Crippen LogP contribution is -2.44. The summed E-state index contributed by atoms with van der Waals surface area (Å²) in [5.41, 5.74) is 7.40. The van der Waals surface area contributed by atoms with Crippen molar-refractivity contribution in [1.29, 1.82) is 0 Å². The zero-order chi connectivity index (χ0) is 13.1. The summed E-state index contributed by atoms with van der Waals surface area (Å²) in [5.74, 6) is 0.600. The summed E-state index contributed by atoms with van der Waals surface area (Å²) in [6.07, 6.45) is 3.16. The number of aromatic nitrogens is 1. The van der Waals surface area contributed by atoms with Crippen LogP contribution in [0.2, 0.25) is 0 Å². The molecule has 1 aromatic heterocycles. The molecule has 0 aromatic carbocycles. The summed E-state index contributed by atoms with van der Waals surface area (Å²) in [6, 6.07) is 3.94. The summed E-state index contributed by atoms with van der Waals surface area (Å²) in [5, 5.41) is 0. The fourth-order valence-corrected chi connectivity index (χ4v) is 2.44. The second-order valence-corrected chi connectivity index (χ2v) is 5.19. The van der Waals surface area contributed by atoms with E-state index in [0.29, 0.717) is 16.6 Å². The summed E-state index contributed by atoms with van der Waals surface area (Å²) in [7, 11) is 1.78. The van der Waals surface area contributed by atoms with Crippen LogP contribution in [0.15, 0.2) is 18.3 Å². The molecule has 98 valence electrons.